The van der Waals surface area contributed by atoms with Gasteiger partial charge in [0.1, 0.15) is 0 Å². The van der Waals surface area contributed by atoms with Crippen LogP contribution in [0.15, 0.2) is 66.7 Å². The first kappa shape index (κ1) is 23.3. The van der Waals surface area contributed by atoms with Crippen LogP contribution in [0.2, 0.25) is 5.02 Å². The van der Waals surface area contributed by atoms with E-state index in [1.807, 2.05) is 48.5 Å². The Hall–Kier alpha value is -3.46. The number of para-hydroxylation sites is 1. The van der Waals surface area contributed by atoms with Gasteiger partial charge in [-0.2, -0.15) is 0 Å². The number of hydrogen-bond acceptors (Lipinski definition) is 5. The molecule has 1 aliphatic heterocycles. The molecule has 0 saturated carbocycles. The number of nitrogens with one attached hydrogen (secondary N) is 3. The second-order valence-electron chi connectivity index (χ2n) is 8.28. The van der Waals surface area contributed by atoms with Crippen LogP contribution >= 0.6 is 22.9 Å². The summed E-state index contributed by atoms with van der Waals surface area (Å²) in [5.41, 5.74) is 4.06. The highest BCUT2D eigenvalue weighted by Gasteiger charge is 2.18. The number of halogens is 1. The molecule has 1 fully saturated rings. The van der Waals surface area contributed by atoms with Crippen LogP contribution in [0.25, 0.3) is 10.2 Å². The van der Waals surface area contributed by atoms with Gasteiger partial charge in [-0.15, -0.1) is 0 Å². The lowest BCUT2D eigenvalue weighted by Gasteiger charge is -2.28. The molecule has 35 heavy (non-hydrogen) atoms. The van der Waals surface area contributed by atoms with E-state index in [1.54, 1.807) is 23.1 Å². The predicted molar refractivity (Wildman–Crippen MR) is 142 cm³/mol. The van der Waals surface area contributed by atoms with Crippen molar-refractivity contribution in [2.45, 2.75) is 6.42 Å². The molecule has 1 saturated heterocycles. The maximum Gasteiger partial charge on any atom is 0.321 e. The van der Waals surface area contributed by atoms with Crippen LogP contribution in [0.4, 0.5) is 15.6 Å². The van der Waals surface area contributed by atoms with Gasteiger partial charge in [0.05, 0.1) is 10.2 Å². The molecule has 0 unspecified atom stereocenters. The van der Waals surface area contributed by atoms with Gasteiger partial charge in [0.15, 0.2) is 5.13 Å². The number of rotatable bonds is 5. The fourth-order valence-electron chi connectivity index (χ4n) is 3.98. The van der Waals surface area contributed by atoms with Gasteiger partial charge in [0.25, 0.3) is 5.91 Å². The summed E-state index contributed by atoms with van der Waals surface area (Å²) in [5.74, 6) is -0.206. The maximum atomic E-state index is 12.7. The molecule has 2 heterocycles. The third kappa shape index (κ3) is 5.62. The highest BCUT2D eigenvalue weighted by molar-refractivity contribution is 7.22. The lowest BCUT2D eigenvalue weighted by Crippen LogP contribution is -2.48. The molecular formula is C26H24ClN5O2S. The van der Waals surface area contributed by atoms with Crippen LogP contribution in [0.1, 0.15) is 21.5 Å². The zero-order valence-corrected chi connectivity index (χ0v) is 20.5. The number of carbonyl (C=O) groups excluding carboxylic acids is 2. The Morgan fingerprint density at radius 2 is 1.77 bits per heavy atom. The Kier molecular flexibility index (Phi) is 6.94. The van der Waals surface area contributed by atoms with Gasteiger partial charge in [0, 0.05) is 42.5 Å². The second kappa shape index (κ2) is 10.4. The van der Waals surface area contributed by atoms with Crippen LogP contribution in [0, 0.1) is 0 Å². The Balaban J connectivity index is 1.27. The van der Waals surface area contributed by atoms with Crippen molar-refractivity contribution in [3.63, 3.8) is 0 Å². The summed E-state index contributed by atoms with van der Waals surface area (Å²) in [6, 6.07) is 20.5. The van der Waals surface area contributed by atoms with E-state index in [0.29, 0.717) is 35.2 Å². The number of nitrogens with zero attached hydrogens (tertiary/aromatic N) is 2. The SMILES string of the molecule is O=C(Nc1nc2ccccc2s1)c1ccc(Cc2cc(Cl)ccc2NC(=O)N2CCNCC2)cc1. The molecule has 7 nitrogen and oxygen atoms in total. The van der Waals surface area contributed by atoms with Gasteiger partial charge < -0.3 is 15.5 Å². The first-order valence-electron chi connectivity index (χ1n) is 11.4. The van der Waals surface area contributed by atoms with E-state index in [-0.39, 0.29) is 11.9 Å². The first-order chi connectivity index (χ1) is 17.0. The summed E-state index contributed by atoms with van der Waals surface area (Å²) in [4.78, 5) is 31.7. The lowest BCUT2D eigenvalue weighted by molar-refractivity contribution is 0.102. The number of benzene rings is 3. The minimum absolute atomic E-state index is 0.114. The quantitative estimate of drug-likeness (QED) is 0.346. The Labute approximate surface area is 212 Å². The minimum Gasteiger partial charge on any atom is -0.322 e. The molecule has 3 N–H and O–H groups in total. The average Bonchev–Trinajstić information content (AvgIpc) is 3.29. The third-order valence-corrected chi connectivity index (χ3v) is 7.03. The highest BCUT2D eigenvalue weighted by Crippen LogP contribution is 2.27. The molecule has 0 bridgehead atoms. The topological polar surface area (TPSA) is 86.4 Å². The zero-order valence-electron chi connectivity index (χ0n) is 18.9. The third-order valence-electron chi connectivity index (χ3n) is 5.84. The van der Waals surface area contributed by atoms with Crippen LogP contribution in [-0.2, 0) is 6.42 Å². The van der Waals surface area contributed by atoms with Crippen LogP contribution < -0.4 is 16.0 Å². The van der Waals surface area contributed by atoms with Crippen LogP contribution in [0.3, 0.4) is 0 Å². The van der Waals surface area contributed by atoms with Gasteiger partial charge in [-0.05, 0) is 60.0 Å². The number of fused-ring (bicyclic) bond motifs is 1. The molecule has 178 valence electrons. The average molecular weight is 506 g/mol. The van der Waals surface area contributed by atoms with Crippen LogP contribution in [-0.4, -0.2) is 48.0 Å². The van der Waals surface area contributed by atoms with Crippen molar-refractivity contribution in [3.05, 3.63) is 88.4 Å². The molecule has 1 aliphatic rings. The van der Waals surface area contributed by atoms with Gasteiger partial charge in [-0.25, -0.2) is 9.78 Å². The van der Waals surface area contributed by atoms with E-state index in [1.165, 1.54) is 11.3 Å². The monoisotopic (exact) mass is 505 g/mol. The normalized spacial score (nSPS) is 13.6. The molecule has 0 atom stereocenters. The van der Waals surface area contributed by atoms with Gasteiger partial charge >= 0.3 is 6.03 Å². The van der Waals surface area contributed by atoms with Gasteiger partial charge in [0.2, 0.25) is 0 Å². The zero-order chi connectivity index (χ0) is 24.2. The van der Waals surface area contributed by atoms with E-state index in [4.69, 9.17) is 11.6 Å². The van der Waals surface area contributed by atoms with E-state index < -0.39 is 0 Å². The smallest absolute Gasteiger partial charge is 0.321 e. The van der Waals surface area contributed by atoms with Crippen molar-refractivity contribution in [2.24, 2.45) is 0 Å². The molecule has 0 spiro atoms. The van der Waals surface area contributed by atoms with Crippen LogP contribution in [0.5, 0.6) is 0 Å². The molecule has 1 aromatic heterocycles. The Morgan fingerprint density at radius 3 is 2.54 bits per heavy atom. The Morgan fingerprint density at radius 1 is 1.00 bits per heavy atom. The summed E-state index contributed by atoms with van der Waals surface area (Å²) in [5, 5.41) is 10.3. The fraction of sp³-hybridized carbons (Fsp3) is 0.192. The summed E-state index contributed by atoms with van der Waals surface area (Å²) in [7, 11) is 0. The van der Waals surface area contributed by atoms with Crippen molar-refractivity contribution in [1.82, 2.24) is 15.2 Å². The molecule has 9 heteroatoms. The fourth-order valence-corrected chi connectivity index (χ4v) is 5.04. The standard InChI is InChI=1S/C26H24ClN5O2S/c27-20-9-10-21(30-26(34)32-13-11-28-12-14-32)19(16-20)15-17-5-7-18(8-6-17)24(33)31-25-29-22-3-1-2-4-23(22)35-25/h1-10,16,28H,11-15H2,(H,30,34)(H,29,31,33). The van der Waals surface area contributed by atoms with Crippen molar-refractivity contribution in [2.75, 3.05) is 36.8 Å². The first-order valence-corrected chi connectivity index (χ1v) is 12.6. The predicted octanol–water partition coefficient (Wildman–Crippen LogP) is 5.23. The number of aromatic nitrogens is 1. The number of carbonyl (C=O) groups is 2. The maximum absolute atomic E-state index is 12.7. The van der Waals surface area contributed by atoms with Crippen molar-refractivity contribution >= 4 is 55.9 Å². The molecule has 3 aromatic carbocycles. The number of urea groups is 1. The number of piperazine rings is 1. The number of amides is 3. The lowest BCUT2D eigenvalue weighted by atomic mass is 10.0. The summed E-state index contributed by atoms with van der Waals surface area (Å²) < 4.78 is 1.03. The molecule has 4 aromatic rings. The number of hydrogen-bond donors (Lipinski definition) is 3. The van der Waals surface area contributed by atoms with Crippen molar-refractivity contribution in [1.29, 1.82) is 0 Å². The molecular weight excluding hydrogens is 482 g/mol. The summed E-state index contributed by atoms with van der Waals surface area (Å²) in [6.07, 6.45) is 0.567. The highest BCUT2D eigenvalue weighted by atomic mass is 35.5. The number of anilines is 2. The second-order valence-corrected chi connectivity index (χ2v) is 9.75. The summed E-state index contributed by atoms with van der Waals surface area (Å²) in [6.45, 7) is 2.93. The van der Waals surface area contributed by atoms with Crippen molar-refractivity contribution in [3.8, 4) is 0 Å². The van der Waals surface area contributed by atoms with E-state index in [9.17, 15) is 9.59 Å². The summed E-state index contributed by atoms with van der Waals surface area (Å²) >= 11 is 7.70. The molecule has 5 rings (SSSR count). The Bertz CT molecular complexity index is 1330. The largest absolute Gasteiger partial charge is 0.322 e. The van der Waals surface area contributed by atoms with E-state index in [2.05, 4.69) is 20.9 Å². The molecule has 0 radical (unpaired) electrons. The molecule has 0 aliphatic carbocycles. The molecule has 3 amide bonds. The minimum atomic E-state index is -0.206. The van der Waals surface area contributed by atoms with Crippen molar-refractivity contribution < 1.29 is 9.59 Å². The van der Waals surface area contributed by atoms with E-state index >= 15 is 0 Å². The van der Waals surface area contributed by atoms with Gasteiger partial charge in [-0.1, -0.05) is 47.2 Å². The van der Waals surface area contributed by atoms with Gasteiger partial charge in [-0.3, -0.25) is 10.1 Å². The van der Waals surface area contributed by atoms with E-state index in [0.717, 1.165) is 40.1 Å². The number of thiazole rings is 1.